The average molecular weight is 344 g/mol. The Morgan fingerprint density at radius 1 is 1.12 bits per heavy atom. The molecule has 0 aliphatic carbocycles. The minimum atomic E-state index is -1.03. The zero-order valence-electron chi connectivity index (χ0n) is 14.3. The summed E-state index contributed by atoms with van der Waals surface area (Å²) in [6, 6.07) is 7.27. The molecule has 0 unspecified atom stereocenters. The second-order valence-electron chi connectivity index (χ2n) is 5.74. The van der Waals surface area contributed by atoms with Gasteiger partial charge in [-0.2, -0.15) is 5.10 Å². The molecule has 1 aromatic carbocycles. The summed E-state index contributed by atoms with van der Waals surface area (Å²) in [7, 11) is 0. The first-order chi connectivity index (χ1) is 11.8. The number of nitrogens with one attached hydrogen (secondary N) is 2. The van der Waals surface area contributed by atoms with Crippen LogP contribution >= 0.6 is 0 Å². The lowest BCUT2D eigenvalue weighted by molar-refractivity contribution is -0.138. The normalized spacial score (nSPS) is 10.4. The summed E-state index contributed by atoms with van der Waals surface area (Å²) in [6.45, 7) is 4.93. The van der Waals surface area contributed by atoms with Crippen LogP contribution in [0, 0.1) is 20.8 Å². The van der Waals surface area contributed by atoms with Crippen LogP contribution in [-0.4, -0.2) is 32.7 Å². The Labute approximate surface area is 144 Å². The van der Waals surface area contributed by atoms with E-state index in [1.807, 2.05) is 19.1 Å². The SMILES string of the molecule is Cc1cccc(NC(=O)CC(=O)Nc2c(C)nn(CC(=O)O)c2C)c1. The number of carboxylic acids is 1. The van der Waals surface area contributed by atoms with Crippen LogP contribution in [0.1, 0.15) is 23.4 Å². The van der Waals surface area contributed by atoms with E-state index in [1.54, 1.807) is 26.0 Å². The highest BCUT2D eigenvalue weighted by atomic mass is 16.4. The van der Waals surface area contributed by atoms with Crippen molar-refractivity contribution in [1.82, 2.24) is 9.78 Å². The van der Waals surface area contributed by atoms with Gasteiger partial charge in [0.15, 0.2) is 0 Å². The molecule has 0 saturated carbocycles. The number of anilines is 2. The summed E-state index contributed by atoms with van der Waals surface area (Å²) in [4.78, 5) is 34.9. The van der Waals surface area contributed by atoms with Gasteiger partial charge in [0, 0.05) is 5.69 Å². The van der Waals surface area contributed by atoms with Crippen LogP contribution in [0.25, 0.3) is 0 Å². The molecule has 0 bridgehead atoms. The van der Waals surface area contributed by atoms with E-state index >= 15 is 0 Å². The van der Waals surface area contributed by atoms with Gasteiger partial charge in [-0.3, -0.25) is 19.1 Å². The van der Waals surface area contributed by atoms with E-state index in [0.29, 0.717) is 22.8 Å². The van der Waals surface area contributed by atoms with Gasteiger partial charge in [-0.05, 0) is 38.5 Å². The molecule has 3 N–H and O–H groups in total. The molecule has 0 saturated heterocycles. The molecule has 0 radical (unpaired) electrons. The number of benzene rings is 1. The number of hydrogen-bond donors (Lipinski definition) is 3. The van der Waals surface area contributed by atoms with Crippen LogP contribution in [-0.2, 0) is 20.9 Å². The molecule has 0 aliphatic heterocycles. The van der Waals surface area contributed by atoms with Crippen LogP contribution < -0.4 is 10.6 Å². The van der Waals surface area contributed by atoms with Crippen molar-refractivity contribution in [3.63, 3.8) is 0 Å². The third-order valence-corrected chi connectivity index (χ3v) is 3.55. The van der Waals surface area contributed by atoms with Crippen LogP contribution in [0.3, 0.4) is 0 Å². The maximum Gasteiger partial charge on any atom is 0.325 e. The van der Waals surface area contributed by atoms with E-state index in [4.69, 9.17) is 5.11 Å². The fourth-order valence-corrected chi connectivity index (χ4v) is 2.42. The fraction of sp³-hybridized carbons (Fsp3) is 0.294. The zero-order valence-corrected chi connectivity index (χ0v) is 14.3. The first-order valence-electron chi connectivity index (χ1n) is 7.68. The number of nitrogens with zero attached hydrogens (tertiary/aromatic N) is 2. The lowest BCUT2D eigenvalue weighted by atomic mass is 10.2. The van der Waals surface area contributed by atoms with E-state index in [2.05, 4.69) is 15.7 Å². The minimum Gasteiger partial charge on any atom is -0.480 e. The Bertz CT molecular complexity index is 826. The lowest BCUT2D eigenvalue weighted by Crippen LogP contribution is -2.22. The molecule has 2 aromatic rings. The molecule has 1 aromatic heterocycles. The molecule has 8 heteroatoms. The van der Waals surface area contributed by atoms with Crippen LogP contribution in [0.5, 0.6) is 0 Å². The molecule has 0 aliphatic rings. The second kappa shape index (κ2) is 7.61. The Kier molecular flexibility index (Phi) is 5.53. The topological polar surface area (TPSA) is 113 Å². The number of aryl methyl sites for hydroxylation is 2. The fourth-order valence-electron chi connectivity index (χ4n) is 2.42. The Balaban J connectivity index is 1.99. The van der Waals surface area contributed by atoms with Gasteiger partial charge in [0.25, 0.3) is 0 Å². The van der Waals surface area contributed by atoms with Gasteiger partial charge < -0.3 is 15.7 Å². The summed E-state index contributed by atoms with van der Waals surface area (Å²) in [5.74, 6) is -1.96. The third-order valence-electron chi connectivity index (χ3n) is 3.55. The predicted molar refractivity (Wildman–Crippen MR) is 92.4 cm³/mol. The number of aliphatic carboxylic acids is 1. The predicted octanol–water partition coefficient (Wildman–Crippen LogP) is 1.86. The van der Waals surface area contributed by atoms with Gasteiger partial charge in [-0.15, -0.1) is 0 Å². The maximum atomic E-state index is 12.1. The number of rotatable bonds is 6. The first kappa shape index (κ1) is 18.2. The number of carboxylic acid groups (broad SMARTS) is 1. The quantitative estimate of drug-likeness (QED) is 0.692. The van der Waals surface area contributed by atoms with Gasteiger partial charge >= 0.3 is 5.97 Å². The van der Waals surface area contributed by atoms with Crippen molar-refractivity contribution in [2.75, 3.05) is 10.6 Å². The molecule has 1 heterocycles. The number of hydrogen-bond acceptors (Lipinski definition) is 4. The van der Waals surface area contributed by atoms with Crippen molar-refractivity contribution in [3.05, 3.63) is 41.2 Å². The summed E-state index contributed by atoms with van der Waals surface area (Å²) in [6.07, 6.45) is -0.350. The van der Waals surface area contributed by atoms with Gasteiger partial charge in [0.2, 0.25) is 11.8 Å². The van der Waals surface area contributed by atoms with Crippen molar-refractivity contribution in [3.8, 4) is 0 Å². The standard InChI is InChI=1S/C17H20N4O4/c1-10-5-4-6-13(7-10)18-14(22)8-15(23)19-17-11(2)20-21(12(17)3)9-16(24)25/h4-7H,8-9H2,1-3H3,(H,18,22)(H,19,23)(H,24,25). The van der Waals surface area contributed by atoms with Gasteiger partial charge in [-0.1, -0.05) is 12.1 Å². The highest BCUT2D eigenvalue weighted by Crippen LogP contribution is 2.19. The molecule has 0 spiro atoms. The lowest BCUT2D eigenvalue weighted by Gasteiger charge is -2.08. The Hall–Kier alpha value is -3.16. The smallest absolute Gasteiger partial charge is 0.325 e. The molecular formula is C17H20N4O4. The molecular weight excluding hydrogens is 324 g/mol. The van der Waals surface area contributed by atoms with Crippen molar-refractivity contribution in [1.29, 1.82) is 0 Å². The van der Waals surface area contributed by atoms with Crippen LogP contribution in [0.2, 0.25) is 0 Å². The van der Waals surface area contributed by atoms with E-state index in [1.165, 1.54) is 4.68 Å². The highest BCUT2D eigenvalue weighted by molar-refractivity contribution is 6.08. The molecule has 8 nitrogen and oxygen atoms in total. The van der Waals surface area contributed by atoms with E-state index in [-0.39, 0.29) is 13.0 Å². The van der Waals surface area contributed by atoms with E-state index in [9.17, 15) is 14.4 Å². The second-order valence-corrected chi connectivity index (χ2v) is 5.74. The number of amides is 2. The van der Waals surface area contributed by atoms with E-state index < -0.39 is 17.8 Å². The summed E-state index contributed by atoms with van der Waals surface area (Å²) in [5.41, 5.74) is 3.06. The highest BCUT2D eigenvalue weighted by Gasteiger charge is 2.17. The minimum absolute atomic E-state index is 0.295. The van der Waals surface area contributed by atoms with Crippen molar-refractivity contribution >= 4 is 29.2 Å². The monoisotopic (exact) mass is 344 g/mol. The third kappa shape index (κ3) is 4.90. The molecule has 0 atom stereocenters. The van der Waals surface area contributed by atoms with Gasteiger partial charge in [0.1, 0.15) is 13.0 Å². The van der Waals surface area contributed by atoms with Gasteiger partial charge in [0.05, 0.1) is 17.1 Å². The molecule has 0 fully saturated rings. The van der Waals surface area contributed by atoms with E-state index in [0.717, 1.165) is 5.56 Å². The summed E-state index contributed by atoms with van der Waals surface area (Å²) in [5, 5.41) is 18.2. The summed E-state index contributed by atoms with van der Waals surface area (Å²) >= 11 is 0. The Morgan fingerprint density at radius 2 is 1.80 bits per heavy atom. The first-order valence-corrected chi connectivity index (χ1v) is 7.68. The van der Waals surface area contributed by atoms with Crippen LogP contribution in [0.4, 0.5) is 11.4 Å². The molecule has 25 heavy (non-hydrogen) atoms. The number of carbonyl (C=O) groups excluding carboxylic acids is 2. The number of carbonyl (C=O) groups is 3. The largest absolute Gasteiger partial charge is 0.480 e. The summed E-state index contributed by atoms with van der Waals surface area (Å²) < 4.78 is 1.29. The Morgan fingerprint density at radius 3 is 2.44 bits per heavy atom. The average Bonchev–Trinajstić information content (AvgIpc) is 2.74. The molecule has 132 valence electrons. The van der Waals surface area contributed by atoms with Gasteiger partial charge in [-0.25, -0.2) is 0 Å². The van der Waals surface area contributed by atoms with Crippen molar-refractivity contribution in [2.24, 2.45) is 0 Å². The zero-order chi connectivity index (χ0) is 18.6. The van der Waals surface area contributed by atoms with Crippen LogP contribution in [0.15, 0.2) is 24.3 Å². The van der Waals surface area contributed by atoms with Crippen molar-refractivity contribution in [2.45, 2.75) is 33.7 Å². The molecule has 2 rings (SSSR count). The van der Waals surface area contributed by atoms with Crippen molar-refractivity contribution < 1.29 is 19.5 Å². The maximum absolute atomic E-state index is 12.1. The molecule has 2 amide bonds. The number of aromatic nitrogens is 2.